The van der Waals surface area contributed by atoms with Crippen LogP contribution in [0.25, 0.3) is 0 Å². The zero-order valence-corrected chi connectivity index (χ0v) is 9.93. The number of hydrogen-bond donors (Lipinski definition) is 3. The summed E-state index contributed by atoms with van der Waals surface area (Å²) in [5.41, 5.74) is -0.225. The molecule has 6 heteroatoms. The Hall–Kier alpha value is -1.17. The average molecular weight is 319 g/mol. The molecule has 0 aliphatic carbocycles. The molecule has 1 aromatic carbocycles. The molecular weight excluding hydrogens is 308 g/mol. The van der Waals surface area contributed by atoms with Gasteiger partial charge in [0, 0.05) is 0 Å². The second-order valence-corrected chi connectivity index (χ2v) is 3.15. The molecule has 1 rings (SSSR count). The number of aromatic carboxylic acids is 1. The van der Waals surface area contributed by atoms with Crippen LogP contribution in [0.15, 0.2) is 6.07 Å². The number of benzene rings is 1. The van der Waals surface area contributed by atoms with Crippen LogP contribution in [0.2, 0.25) is 0 Å². The molecule has 0 spiro atoms. The van der Waals surface area contributed by atoms with Gasteiger partial charge in [-0.25, -0.2) is 4.79 Å². The molecule has 5 nitrogen and oxygen atoms in total. The zero-order valence-electron chi connectivity index (χ0n) is 8.45. The molecule has 0 radical (unpaired) electrons. The van der Waals surface area contributed by atoms with E-state index in [2.05, 4.69) is 0 Å². The molecular formula is C10H11AgO5. The third-order valence-corrected chi connectivity index (χ3v) is 2.07. The molecule has 16 heavy (non-hydrogen) atoms. The van der Waals surface area contributed by atoms with E-state index in [9.17, 15) is 9.90 Å². The number of phenolic OH excluding ortho intramolecular Hbond substituents is 2. The molecule has 0 saturated heterocycles. The van der Waals surface area contributed by atoms with E-state index < -0.39 is 23.2 Å². The van der Waals surface area contributed by atoms with Crippen LogP contribution in [0.4, 0.5) is 0 Å². The predicted molar refractivity (Wildman–Crippen MR) is 50.2 cm³/mol. The van der Waals surface area contributed by atoms with Crippen molar-refractivity contribution in [2.75, 3.05) is 0 Å². The van der Waals surface area contributed by atoms with Crippen LogP contribution in [0.3, 0.4) is 0 Å². The van der Waals surface area contributed by atoms with E-state index in [1.807, 2.05) is 0 Å². The van der Waals surface area contributed by atoms with E-state index in [1.54, 1.807) is 6.92 Å². The predicted octanol–water partition coefficient (Wildman–Crippen LogP) is 0.820. The Bertz CT molecular complexity index is 403. The maximum Gasteiger partial charge on any atom is 1.00 e. The molecule has 0 atom stereocenters. The van der Waals surface area contributed by atoms with Crippen LogP contribution in [0, 0.1) is 0 Å². The maximum absolute atomic E-state index is 11.4. The Kier molecular flexibility index (Phi) is 5.37. The molecule has 92 valence electrons. The van der Waals surface area contributed by atoms with Gasteiger partial charge in [0.05, 0.1) is 5.56 Å². The fraction of sp³-hybridized carbons (Fsp3) is 0.300. The van der Waals surface area contributed by atoms with Gasteiger partial charge < -0.3 is 20.4 Å². The van der Waals surface area contributed by atoms with Crippen molar-refractivity contribution in [3.05, 3.63) is 17.2 Å². The quantitative estimate of drug-likeness (QED) is 0.566. The number of rotatable bonds is 3. The first-order valence-electron chi connectivity index (χ1n) is 4.47. The fourth-order valence-electron chi connectivity index (χ4n) is 1.36. The van der Waals surface area contributed by atoms with E-state index in [-0.39, 0.29) is 39.9 Å². The first kappa shape index (κ1) is 14.8. The summed E-state index contributed by atoms with van der Waals surface area (Å²) < 4.78 is 0. The van der Waals surface area contributed by atoms with Crippen LogP contribution < -0.4 is 5.11 Å². The Morgan fingerprint density at radius 1 is 1.44 bits per heavy atom. The van der Waals surface area contributed by atoms with E-state index in [1.165, 1.54) is 0 Å². The molecule has 0 fully saturated rings. The third kappa shape index (κ3) is 2.69. The molecule has 0 amide bonds. The molecule has 3 N–H and O–H groups in total. The van der Waals surface area contributed by atoms with Crippen molar-refractivity contribution in [1.29, 1.82) is 0 Å². The molecule has 0 aliphatic rings. The minimum Gasteiger partial charge on any atom is -0.870 e. The third-order valence-electron chi connectivity index (χ3n) is 2.07. The smallest absolute Gasteiger partial charge is 0.870 e. The topological polar surface area (TPSA) is 101 Å². The van der Waals surface area contributed by atoms with Crippen molar-refractivity contribution in [2.45, 2.75) is 19.8 Å². The van der Waals surface area contributed by atoms with Gasteiger partial charge in [-0.05, 0) is 18.1 Å². The van der Waals surface area contributed by atoms with E-state index in [4.69, 9.17) is 15.3 Å². The number of hydrogen-bond acceptors (Lipinski definition) is 4. The molecule has 0 unspecified atom stereocenters. The summed E-state index contributed by atoms with van der Waals surface area (Å²) in [6, 6.07) is 0.893. The second kappa shape index (κ2) is 5.79. The summed E-state index contributed by atoms with van der Waals surface area (Å²) in [5.74, 6) is -3.58. The van der Waals surface area contributed by atoms with Crippen molar-refractivity contribution in [1.82, 2.24) is 0 Å². The van der Waals surface area contributed by atoms with Gasteiger partial charge in [0.15, 0.2) is 5.75 Å². The first-order valence-corrected chi connectivity index (χ1v) is 4.47. The molecule has 0 aliphatic heterocycles. The normalized spacial score (nSPS) is 9.56. The number of aromatic hydroxyl groups is 2. The van der Waals surface area contributed by atoms with Gasteiger partial charge in [-0.2, -0.15) is 0 Å². The Morgan fingerprint density at radius 2 is 2.00 bits per heavy atom. The summed E-state index contributed by atoms with van der Waals surface area (Å²) >= 11 is 0. The van der Waals surface area contributed by atoms with Crippen LogP contribution in [0.1, 0.15) is 29.3 Å². The zero-order chi connectivity index (χ0) is 11.6. The summed E-state index contributed by atoms with van der Waals surface area (Å²) in [6.07, 6.45) is 0.841. The van der Waals surface area contributed by atoms with Gasteiger partial charge in [0.2, 0.25) is 0 Å². The van der Waals surface area contributed by atoms with Gasteiger partial charge in [0.1, 0.15) is 5.75 Å². The van der Waals surface area contributed by atoms with Gasteiger partial charge in [-0.3, -0.25) is 0 Å². The van der Waals surface area contributed by atoms with Crippen molar-refractivity contribution in [3.8, 4) is 17.2 Å². The standard InChI is InChI=1S/C10H12O5.Ag/c1-2-3-5-6(10(14)15)4-7(11)9(13)8(5)12;/h4,11-13H,2-3H2,1H3,(H,14,15);/q;+1/p-1. The summed E-state index contributed by atoms with van der Waals surface area (Å²) in [6.45, 7) is 1.79. The van der Waals surface area contributed by atoms with E-state index in [0.717, 1.165) is 6.07 Å². The molecule has 0 aromatic heterocycles. The summed E-state index contributed by atoms with van der Waals surface area (Å²) in [5, 5.41) is 38.5. The van der Waals surface area contributed by atoms with Gasteiger partial charge in [0.25, 0.3) is 0 Å². The maximum atomic E-state index is 11.4. The number of carboxylic acids is 1. The van der Waals surface area contributed by atoms with Gasteiger partial charge in [-0.1, -0.05) is 19.1 Å². The van der Waals surface area contributed by atoms with Gasteiger partial charge in [-0.15, -0.1) is 0 Å². The molecule has 0 heterocycles. The van der Waals surface area contributed by atoms with Gasteiger partial charge >= 0.3 is 28.3 Å². The Labute approximate surface area is 108 Å². The van der Waals surface area contributed by atoms with Crippen LogP contribution in [0.5, 0.6) is 17.2 Å². The Balaban J connectivity index is 0.00000225. The van der Waals surface area contributed by atoms with Crippen molar-refractivity contribution in [2.24, 2.45) is 0 Å². The van der Waals surface area contributed by atoms with Crippen molar-refractivity contribution < 1.29 is 47.6 Å². The minimum atomic E-state index is -1.29. The largest absolute Gasteiger partial charge is 1.00 e. The summed E-state index contributed by atoms with van der Waals surface area (Å²) in [4.78, 5) is 10.8. The fourth-order valence-corrected chi connectivity index (χ4v) is 1.36. The average Bonchev–Trinajstić information content (AvgIpc) is 2.18. The number of carbonyl (C=O) groups is 1. The summed E-state index contributed by atoms with van der Waals surface area (Å²) in [7, 11) is 0. The number of carboxylic acid groups (broad SMARTS) is 1. The van der Waals surface area contributed by atoms with Crippen LogP contribution in [-0.2, 0) is 28.8 Å². The second-order valence-electron chi connectivity index (χ2n) is 3.15. The monoisotopic (exact) mass is 318 g/mol. The minimum absolute atomic E-state index is 0. The first-order chi connectivity index (χ1) is 6.99. The SMILES string of the molecule is CCCc1c(C(=O)O)cc(O)c(O)c1[O-].[Ag+]. The van der Waals surface area contributed by atoms with E-state index in [0.29, 0.717) is 6.42 Å². The molecule has 0 bridgehead atoms. The van der Waals surface area contributed by atoms with Crippen LogP contribution >= 0.6 is 0 Å². The van der Waals surface area contributed by atoms with Crippen molar-refractivity contribution in [3.63, 3.8) is 0 Å². The van der Waals surface area contributed by atoms with E-state index >= 15 is 0 Å². The van der Waals surface area contributed by atoms with Crippen LogP contribution in [-0.4, -0.2) is 21.3 Å². The molecule has 1 aromatic rings. The number of phenols is 2. The molecule has 0 saturated carbocycles. The van der Waals surface area contributed by atoms with Crippen molar-refractivity contribution >= 4 is 5.97 Å². The Morgan fingerprint density at radius 3 is 2.44 bits per heavy atom.